The third-order valence-electron chi connectivity index (χ3n) is 4.18. The Hall–Kier alpha value is -2.76. The summed E-state index contributed by atoms with van der Waals surface area (Å²) < 4.78 is 11.3. The number of carbonyl (C=O) groups is 1. The Kier molecular flexibility index (Phi) is 7.28. The fraction of sp³-hybridized carbons (Fsp3) is 0.250. The molecule has 1 amide bonds. The van der Waals surface area contributed by atoms with Crippen molar-refractivity contribution in [2.24, 2.45) is 0 Å². The van der Waals surface area contributed by atoms with Crippen LogP contribution in [0.1, 0.15) is 23.6 Å². The van der Waals surface area contributed by atoms with Crippen LogP contribution in [0.25, 0.3) is 11.4 Å². The second kappa shape index (κ2) is 10.5. The van der Waals surface area contributed by atoms with Gasteiger partial charge in [0.25, 0.3) is 0 Å². The summed E-state index contributed by atoms with van der Waals surface area (Å²) in [7, 11) is 1.62. The van der Waals surface area contributed by atoms with Gasteiger partial charge in [-0.15, -0.1) is 21.5 Å². The minimum atomic E-state index is -0.110. The molecule has 0 radical (unpaired) electrons. The first-order valence-corrected chi connectivity index (χ1v) is 12.1. The molecule has 160 valence electrons. The zero-order valence-corrected chi connectivity index (χ0v) is 19.1. The molecule has 1 aromatic carbocycles. The maximum absolute atomic E-state index is 12.2. The van der Waals surface area contributed by atoms with E-state index in [2.05, 4.69) is 37.1 Å². The smallest absolute Gasteiger partial charge is 0.226 e. The summed E-state index contributed by atoms with van der Waals surface area (Å²) in [6, 6.07) is 11.5. The zero-order chi connectivity index (χ0) is 21.5. The lowest BCUT2D eigenvalue weighted by atomic mass is 10.2. The van der Waals surface area contributed by atoms with E-state index >= 15 is 0 Å². The second-order valence-electron chi connectivity index (χ2n) is 6.38. The van der Waals surface area contributed by atoms with E-state index in [0.29, 0.717) is 36.1 Å². The van der Waals surface area contributed by atoms with Gasteiger partial charge in [0.2, 0.25) is 22.8 Å². The second-order valence-corrected chi connectivity index (χ2v) is 9.62. The standard InChI is InChI=1S/C20H19N5O3S3/c1-27-14-9-7-13(8-10-14)18-22-17(28-25-18)6-2-5-16(26)21-19-23-24-20(31-19)30-12-15-4-3-11-29-15/h3-4,7-11H,2,5-6,12H2,1H3,(H,21,23,26). The van der Waals surface area contributed by atoms with Gasteiger partial charge in [-0.1, -0.05) is 34.3 Å². The van der Waals surface area contributed by atoms with Gasteiger partial charge in [0.05, 0.1) is 7.11 Å². The van der Waals surface area contributed by atoms with Crippen LogP contribution in [-0.4, -0.2) is 33.4 Å². The molecule has 3 heterocycles. The molecule has 0 atom stereocenters. The van der Waals surface area contributed by atoms with Gasteiger partial charge in [-0.3, -0.25) is 4.79 Å². The molecule has 0 fully saturated rings. The summed E-state index contributed by atoms with van der Waals surface area (Å²) in [5, 5.41) is 17.5. The molecule has 11 heteroatoms. The minimum absolute atomic E-state index is 0.110. The first-order chi connectivity index (χ1) is 15.2. The summed E-state index contributed by atoms with van der Waals surface area (Å²) in [6.07, 6.45) is 1.45. The van der Waals surface area contributed by atoms with Gasteiger partial charge in [0, 0.05) is 29.0 Å². The quantitative estimate of drug-likeness (QED) is 0.256. The van der Waals surface area contributed by atoms with Gasteiger partial charge in [-0.05, 0) is 42.1 Å². The van der Waals surface area contributed by atoms with E-state index in [1.165, 1.54) is 16.2 Å². The van der Waals surface area contributed by atoms with E-state index in [1.54, 1.807) is 30.2 Å². The molecule has 0 unspecified atom stereocenters. The van der Waals surface area contributed by atoms with Crippen molar-refractivity contribution in [1.29, 1.82) is 0 Å². The normalized spacial score (nSPS) is 10.9. The van der Waals surface area contributed by atoms with E-state index in [4.69, 9.17) is 9.26 Å². The van der Waals surface area contributed by atoms with Gasteiger partial charge in [0.15, 0.2) is 4.34 Å². The molecule has 4 aromatic rings. The highest BCUT2D eigenvalue weighted by Gasteiger charge is 2.12. The van der Waals surface area contributed by atoms with Crippen molar-refractivity contribution in [2.45, 2.75) is 29.4 Å². The van der Waals surface area contributed by atoms with Crippen molar-refractivity contribution >= 4 is 45.5 Å². The highest BCUT2D eigenvalue weighted by atomic mass is 32.2. The number of nitrogens with zero attached hydrogens (tertiary/aromatic N) is 4. The summed E-state index contributed by atoms with van der Waals surface area (Å²) in [5.74, 6) is 2.52. The molecule has 0 saturated heterocycles. The topological polar surface area (TPSA) is 103 Å². The lowest BCUT2D eigenvalue weighted by Crippen LogP contribution is -2.11. The number of aryl methyl sites for hydroxylation is 1. The van der Waals surface area contributed by atoms with Crippen molar-refractivity contribution in [2.75, 3.05) is 12.4 Å². The van der Waals surface area contributed by atoms with Crippen LogP contribution in [0, 0.1) is 0 Å². The summed E-state index contributed by atoms with van der Waals surface area (Å²) >= 11 is 4.71. The van der Waals surface area contributed by atoms with Gasteiger partial charge in [-0.25, -0.2) is 0 Å². The number of nitrogens with one attached hydrogen (secondary N) is 1. The molecule has 0 bridgehead atoms. The van der Waals surface area contributed by atoms with Crippen molar-refractivity contribution in [3.05, 3.63) is 52.5 Å². The number of anilines is 1. The molecule has 4 rings (SSSR count). The Morgan fingerprint density at radius 2 is 2.10 bits per heavy atom. The minimum Gasteiger partial charge on any atom is -0.497 e. The molecule has 0 aliphatic carbocycles. The van der Waals surface area contributed by atoms with E-state index in [9.17, 15) is 4.79 Å². The number of thioether (sulfide) groups is 1. The van der Waals surface area contributed by atoms with E-state index in [1.807, 2.05) is 30.3 Å². The Morgan fingerprint density at radius 3 is 2.87 bits per heavy atom. The highest BCUT2D eigenvalue weighted by Crippen LogP contribution is 2.29. The third kappa shape index (κ3) is 6.12. The first-order valence-electron chi connectivity index (χ1n) is 9.45. The highest BCUT2D eigenvalue weighted by molar-refractivity contribution is 8.00. The SMILES string of the molecule is COc1ccc(-c2noc(CCCC(=O)Nc3nnc(SCc4cccs4)s3)n2)cc1. The number of aromatic nitrogens is 4. The third-order valence-corrected chi connectivity index (χ3v) is 7.26. The fourth-order valence-electron chi connectivity index (χ4n) is 2.64. The predicted octanol–water partition coefficient (Wildman–Crippen LogP) is 4.91. The maximum Gasteiger partial charge on any atom is 0.226 e. The van der Waals surface area contributed by atoms with Crippen LogP contribution in [0.2, 0.25) is 0 Å². The molecular weight excluding hydrogens is 454 g/mol. The van der Waals surface area contributed by atoms with Gasteiger partial charge in [0.1, 0.15) is 5.75 Å². The van der Waals surface area contributed by atoms with Crippen LogP contribution < -0.4 is 10.1 Å². The lowest BCUT2D eigenvalue weighted by molar-refractivity contribution is -0.116. The number of ether oxygens (including phenoxy) is 1. The Morgan fingerprint density at radius 1 is 1.23 bits per heavy atom. The van der Waals surface area contributed by atoms with Gasteiger partial charge < -0.3 is 14.6 Å². The number of thiophene rings is 1. The number of hydrogen-bond acceptors (Lipinski definition) is 10. The summed E-state index contributed by atoms with van der Waals surface area (Å²) in [5.41, 5.74) is 0.845. The molecule has 31 heavy (non-hydrogen) atoms. The Bertz CT molecular complexity index is 1110. The van der Waals surface area contributed by atoms with Crippen molar-refractivity contribution in [3.63, 3.8) is 0 Å². The number of amides is 1. The van der Waals surface area contributed by atoms with Crippen molar-refractivity contribution in [1.82, 2.24) is 20.3 Å². The molecule has 0 aliphatic rings. The van der Waals surface area contributed by atoms with Gasteiger partial charge in [-0.2, -0.15) is 4.98 Å². The van der Waals surface area contributed by atoms with Gasteiger partial charge >= 0.3 is 0 Å². The van der Waals surface area contributed by atoms with E-state index in [-0.39, 0.29) is 5.91 Å². The van der Waals surface area contributed by atoms with Crippen LogP contribution in [0.3, 0.4) is 0 Å². The molecule has 0 saturated carbocycles. The summed E-state index contributed by atoms with van der Waals surface area (Å²) in [4.78, 5) is 17.9. The maximum atomic E-state index is 12.2. The average Bonchev–Trinajstić information content (AvgIpc) is 3.55. The van der Waals surface area contributed by atoms with E-state index < -0.39 is 0 Å². The van der Waals surface area contributed by atoms with E-state index in [0.717, 1.165) is 21.4 Å². The first kappa shape index (κ1) is 21.5. The van der Waals surface area contributed by atoms with Crippen LogP contribution in [0.15, 0.2) is 50.6 Å². The molecule has 3 aromatic heterocycles. The van der Waals surface area contributed by atoms with Crippen molar-refractivity contribution < 1.29 is 14.1 Å². The zero-order valence-electron chi connectivity index (χ0n) is 16.6. The number of hydrogen-bond donors (Lipinski definition) is 1. The fourth-order valence-corrected chi connectivity index (χ4v) is 5.18. The predicted molar refractivity (Wildman–Crippen MR) is 122 cm³/mol. The summed E-state index contributed by atoms with van der Waals surface area (Å²) in [6.45, 7) is 0. The Labute approximate surface area is 191 Å². The van der Waals surface area contributed by atoms with Crippen LogP contribution in [0.4, 0.5) is 5.13 Å². The molecule has 8 nitrogen and oxygen atoms in total. The largest absolute Gasteiger partial charge is 0.497 e. The molecule has 0 spiro atoms. The molecule has 1 N–H and O–H groups in total. The molecular formula is C20H19N5O3S3. The van der Waals surface area contributed by atoms with Crippen LogP contribution in [-0.2, 0) is 17.0 Å². The van der Waals surface area contributed by atoms with Crippen LogP contribution >= 0.6 is 34.4 Å². The lowest BCUT2D eigenvalue weighted by Gasteiger charge is -1.99. The van der Waals surface area contributed by atoms with Crippen molar-refractivity contribution in [3.8, 4) is 17.1 Å². The van der Waals surface area contributed by atoms with Crippen LogP contribution in [0.5, 0.6) is 5.75 Å². The Balaban J connectivity index is 1.20. The number of benzene rings is 1. The number of rotatable bonds is 10. The number of carbonyl (C=O) groups excluding carboxylic acids is 1. The number of methoxy groups -OCH3 is 1. The molecule has 0 aliphatic heterocycles. The monoisotopic (exact) mass is 473 g/mol. The average molecular weight is 474 g/mol.